The van der Waals surface area contributed by atoms with Gasteiger partial charge in [-0.05, 0) is 30.7 Å². The molecule has 0 heterocycles. The zero-order valence-electron chi connectivity index (χ0n) is 10.6. The number of urea groups is 1. The first-order valence-corrected chi connectivity index (χ1v) is 5.62. The molecule has 1 atom stereocenters. The molecule has 0 saturated heterocycles. The predicted molar refractivity (Wildman–Crippen MR) is 71.4 cm³/mol. The van der Waals surface area contributed by atoms with E-state index in [0.717, 1.165) is 0 Å². The zero-order chi connectivity index (χ0) is 14.3. The minimum atomic E-state index is -1.11. The van der Waals surface area contributed by atoms with Crippen LogP contribution in [0.5, 0.6) is 5.75 Å². The second-order valence-corrected chi connectivity index (χ2v) is 3.74. The molecule has 1 rings (SSSR count). The number of carboxylic acid groups (broad SMARTS) is 1. The quantitative estimate of drug-likeness (QED) is 0.684. The number of carboxylic acids is 1. The van der Waals surface area contributed by atoms with Gasteiger partial charge in [-0.25, -0.2) is 9.59 Å². The number of amides is 2. The largest absolute Gasteiger partial charge is 0.497 e. The van der Waals surface area contributed by atoms with Crippen molar-refractivity contribution in [2.45, 2.75) is 12.5 Å². The average Bonchev–Trinajstić information content (AvgIpc) is 2.39. The Bertz CT molecular complexity index is 456. The van der Waals surface area contributed by atoms with Crippen LogP contribution in [0.25, 0.3) is 0 Å². The van der Waals surface area contributed by atoms with Crippen molar-refractivity contribution in [2.24, 2.45) is 0 Å². The Balaban J connectivity index is 2.57. The summed E-state index contributed by atoms with van der Waals surface area (Å²) in [7, 11) is 1.54. The van der Waals surface area contributed by atoms with Crippen LogP contribution in [-0.2, 0) is 4.79 Å². The van der Waals surface area contributed by atoms with Crippen molar-refractivity contribution in [3.63, 3.8) is 0 Å². The first kappa shape index (κ1) is 14.6. The molecule has 6 heteroatoms. The molecule has 0 aliphatic rings. The standard InChI is InChI=1S/C13H16N2O4/c1-3-4-11(12(16)17)15-13(18)14-9-5-7-10(19-2)8-6-9/h3,5-8,11H,1,4H2,2H3,(H,16,17)(H2,14,15,18). The summed E-state index contributed by atoms with van der Waals surface area (Å²) < 4.78 is 4.98. The van der Waals surface area contributed by atoms with Gasteiger partial charge >= 0.3 is 12.0 Å². The lowest BCUT2D eigenvalue weighted by Crippen LogP contribution is -2.42. The van der Waals surface area contributed by atoms with Crippen molar-refractivity contribution < 1.29 is 19.4 Å². The minimum absolute atomic E-state index is 0.158. The Kier molecular flexibility index (Phi) is 5.40. The van der Waals surface area contributed by atoms with Gasteiger partial charge < -0.3 is 20.5 Å². The fourth-order valence-electron chi connectivity index (χ4n) is 1.39. The summed E-state index contributed by atoms with van der Waals surface area (Å²) in [5, 5.41) is 13.8. The molecule has 1 aromatic rings. The number of hydrogen-bond donors (Lipinski definition) is 3. The molecular formula is C13H16N2O4. The van der Waals surface area contributed by atoms with E-state index >= 15 is 0 Å². The van der Waals surface area contributed by atoms with Crippen LogP contribution >= 0.6 is 0 Å². The van der Waals surface area contributed by atoms with Crippen molar-refractivity contribution in [3.05, 3.63) is 36.9 Å². The maximum atomic E-state index is 11.6. The van der Waals surface area contributed by atoms with Crippen LogP contribution in [0.2, 0.25) is 0 Å². The number of hydrogen-bond acceptors (Lipinski definition) is 3. The molecule has 102 valence electrons. The monoisotopic (exact) mass is 264 g/mol. The van der Waals surface area contributed by atoms with Gasteiger partial charge in [-0.15, -0.1) is 6.58 Å². The molecule has 0 aromatic heterocycles. The molecule has 6 nitrogen and oxygen atoms in total. The number of carbonyl (C=O) groups is 2. The minimum Gasteiger partial charge on any atom is -0.497 e. The van der Waals surface area contributed by atoms with E-state index in [-0.39, 0.29) is 6.42 Å². The molecule has 0 aliphatic carbocycles. The molecule has 0 radical (unpaired) electrons. The Morgan fingerprint density at radius 3 is 2.53 bits per heavy atom. The third kappa shape index (κ3) is 4.71. The first-order valence-electron chi connectivity index (χ1n) is 5.62. The number of nitrogens with one attached hydrogen (secondary N) is 2. The number of benzene rings is 1. The predicted octanol–water partition coefficient (Wildman–Crippen LogP) is 1.85. The normalized spacial score (nSPS) is 11.2. The molecule has 0 saturated carbocycles. The second kappa shape index (κ2) is 7.05. The van der Waals surface area contributed by atoms with Crippen molar-refractivity contribution in [3.8, 4) is 5.75 Å². The van der Waals surface area contributed by atoms with Gasteiger partial charge in [0, 0.05) is 5.69 Å². The van der Waals surface area contributed by atoms with Gasteiger partial charge in [-0.2, -0.15) is 0 Å². The summed E-state index contributed by atoms with van der Waals surface area (Å²) in [6, 6.07) is 5.11. The Morgan fingerprint density at radius 2 is 2.05 bits per heavy atom. The summed E-state index contributed by atoms with van der Waals surface area (Å²) in [6.45, 7) is 3.44. The molecule has 19 heavy (non-hydrogen) atoms. The van der Waals surface area contributed by atoms with Gasteiger partial charge in [0.15, 0.2) is 0 Å². The summed E-state index contributed by atoms with van der Waals surface area (Å²) in [5.74, 6) is -0.439. The van der Waals surface area contributed by atoms with Crippen molar-refractivity contribution in [2.75, 3.05) is 12.4 Å². The van der Waals surface area contributed by atoms with Crippen LogP contribution in [0, 0.1) is 0 Å². The molecular weight excluding hydrogens is 248 g/mol. The summed E-state index contributed by atoms with van der Waals surface area (Å²) in [5.41, 5.74) is 0.543. The molecule has 2 amide bonds. The number of rotatable bonds is 6. The van der Waals surface area contributed by atoms with E-state index in [0.29, 0.717) is 11.4 Å². The molecule has 1 unspecified atom stereocenters. The third-order valence-electron chi connectivity index (χ3n) is 2.35. The topological polar surface area (TPSA) is 87.7 Å². The number of anilines is 1. The molecule has 0 aliphatic heterocycles. The van der Waals surface area contributed by atoms with Crippen molar-refractivity contribution in [1.82, 2.24) is 5.32 Å². The smallest absolute Gasteiger partial charge is 0.326 e. The molecule has 0 fully saturated rings. The Morgan fingerprint density at radius 1 is 1.42 bits per heavy atom. The highest BCUT2D eigenvalue weighted by atomic mass is 16.5. The number of methoxy groups -OCH3 is 1. The molecule has 3 N–H and O–H groups in total. The van der Waals surface area contributed by atoms with E-state index in [2.05, 4.69) is 17.2 Å². The van der Waals surface area contributed by atoms with Gasteiger partial charge in [0.25, 0.3) is 0 Å². The molecule has 0 spiro atoms. The number of aliphatic carboxylic acids is 1. The summed E-state index contributed by atoms with van der Waals surface area (Å²) in [6.07, 6.45) is 1.60. The highest BCUT2D eigenvalue weighted by molar-refractivity contribution is 5.92. The first-order chi connectivity index (χ1) is 9.06. The van der Waals surface area contributed by atoms with E-state index in [1.54, 1.807) is 31.4 Å². The van der Waals surface area contributed by atoms with Gasteiger partial charge in [-0.1, -0.05) is 6.08 Å². The lowest BCUT2D eigenvalue weighted by atomic mass is 10.2. The van der Waals surface area contributed by atoms with E-state index in [1.807, 2.05) is 0 Å². The van der Waals surface area contributed by atoms with Gasteiger partial charge in [0.2, 0.25) is 0 Å². The fraction of sp³-hybridized carbons (Fsp3) is 0.231. The van der Waals surface area contributed by atoms with E-state index in [9.17, 15) is 9.59 Å². The van der Waals surface area contributed by atoms with Crippen LogP contribution in [0.4, 0.5) is 10.5 Å². The zero-order valence-corrected chi connectivity index (χ0v) is 10.6. The van der Waals surface area contributed by atoms with Crippen molar-refractivity contribution in [1.29, 1.82) is 0 Å². The number of carbonyl (C=O) groups excluding carboxylic acids is 1. The average molecular weight is 264 g/mol. The lowest BCUT2D eigenvalue weighted by Gasteiger charge is -2.13. The maximum absolute atomic E-state index is 11.6. The Hall–Kier alpha value is -2.50. The summed E-state index contributed by atoms with van der Waals surface area (Å²) >= 11 is 0. The molecule has 0 bridgehead atoms. The summed E-state index contributed by atoms with van der Waals surface area (Å²) in [4.78, 5) is 22.5. The van der Waals surface area contributed by atoms with E-state index < -0.39 is 18.0 Å². The van der Waals surface area contributed by atoms with Gasteiger partial charge in [0.1, 0.15) is 11.8 Å². The van der Waals surface area contributed by atoms with Crippen LogP contribution < -0.4 is 15.4 Å². The van der Waals surface area contributed by atoms with E-state index in [4.69, 9.17) is 9.84 Å². The van der Waals surface area contributed by atoms with Crippen LogP contribution in [0.3, 0.4) is 0 Å². The Labute approximate surface area is 111 Å². The number of ether oxygens (including phenoxy) is 1. The highest BCUT2D eigenvalue weighted by Crippen LogP contribution is 2.14. The lowest BCUT2D eigenvalue weighted by molar-refractivity contribution is -0.139. The van der Waals surface area contributed by atoms with Crippen LogP contribution in [0.15, 0.2) is 36.9 Å². The highest BCUT2D eigenvalue weighted by Gasteiger charge is 2.17. The fourth-order valence-corrected chi connectivity index (χ4v) is 1.39. The van der Waals surface area contributed by atoms with Crippen molar-refractivity contribution >= 4 is 17.7 Å². The second-order valence-electron chi connectivity index (χ2n) is 3.74. The van der Waals surface area contributed by atoms with Crippen LogP contribution in [0.1, 0.15) is 6.42 Å². The SMILES string of the molecule is C=CCC(NC(=O)Nc1ccc(OC)cc1)C(=O)O. The van der Waals surface area contributed by atoms with E-state index in [1.165, 1.54) is 6.08 Å². The van der Waals surface area contributed by atoms with Crippen LogP contribution in [-0.4, -0.2) is 30.3 Å². The molecule has 1 aromatic carbocycles. The van der Waals surface area contributed by atoms with Gasteiger partial charge in [0.05, 0.1) is 7.11 Å². The van der Waals surface area contributed by atoms with Gasteiger partial charge in [-0.3, -0.25) is 0 Å². The third-order valence-corrected chi connectivity index (χ3v) is 2.35. The maximum Gasteiger partial charge on any atom is 0.326 e.